The lowest BCUT2D eigenvalue weighted by Crippen LogP contribution is -2.47. The van der Waals surface area contributed by atoms with Gasteiger partial charge in [-0.05, 0) is 79.2 Å². The van der Waals surface area contributed by atoms with Crippen LogP contribution in [0.25, 0.3) is 5.57 Å². The molecule has 0 aromatic heterocycles. The summed E-state index contributed by atoms with van der Waals surface area (Å²) in [4.78, 5) is 0. The number of methoxy groups -OCH3 is 1. The highest BCUT2D eigenvalue weighted by molar-refractivity contribution is 5.76. The number of aliphatic hydroxyl groups is 1. The van der Waals surface area contributed by atoms with Crippen molar-refractivity contribution < 1.29 is 9.84 Å². The molecule has 24 heavy (non-hydrogen) atoms. The summed E-state index contributed by atoms with van der Waals surface area (Å²) in [6.07, 6.45) is 6.31. The van der Waals surface area contributed by atoms with E-state index in [4.69, 9.17) is 4.74 Å². The Bertz CT molecular complexity index is 704. The fourth-order valence-electron chi connectivity index (χ4n) is 6.07. The van der Waals surface area contributed by atoms with Gasteiger partial charge in [0, 0.05) is 5.41 Å². The summed E-state index contributed by atoms with van der Waals surface area (Å²) in [5.41, 5.74) is 5.69. The highest BCUT2D eigenvalue weighted by Gasteiger charge is 2.58. The molecule has 3 aliphatic carbocycles. The van der Waals surface area contributed by atoms with Gasteiger partial charge in [-0.3, -0.25) is 0 Å². The first-order valence-corrected chi connectivity index (χ1v) is 9.56. The number of hydrogen-bond donors (Lipinski definition) is 1. The van der Waals surface area contributed by atoms with Gasteiger partial charge >= 0.3 is 0 Å². The quantitative estimate of drug-likeness (QED) is 0.829. The average Bonchev–Trinajstić information content (AvgIpc) is 2.86. The minimum Gasteiger partial charge on any atom is -0.497 e. The fourth-order valence-corrected chi connectivity index (χ4v) is 6.07. The third kappa shape index (κ3) is 1.98. The van der Waals surface area contributed by atoms with Crippen molar-refractivity contribution in [1.82, 2.24) is 0 Å². The molecule has 0 bridgehead atoms. The van der Waals surface area contributed by atoms with Gasteiger partial charge in [-0.2, -0.15) is 0 Å². The first kappa shape index (κ1) is 16.2. The van der Waals surface area contributed by atoms with E-state index < -0.39 is 5.60 Å². The van der Waals surface area contributed by atoms with Crippen LogP contribution in [-0.2, 0) is 6.42 Å². The summed E-state index contributed by atoms with van der Waals surface area (Å²) in [5.74, 6) is 2.09. The van der Waals surface area contributed by atoms with Gasteiger partial charge < -0.3 is 9.84 Å². The molecule has 0 radical (unpaired) electrons. The van der Waals surface area contributed by atoms with E-state index in [1.54, 1.807) is 18.3 Å². The first-order chi connectivity index (χ1) is 11.4. The van der Waals surface area contributed by atoms with Crippen LogP contribution < -0.4 is 4.74 Å². The number of fused-ring (bicyclic) bond motifs is 4. The van der Waals surface area contributed by atoms with Crippen LogP contribution >= 0.6 is 0 Å². The van der Waals surface area contributed by atoms with Crippen molar-refractivity contribution in [2.45, 2.75) is 64.9 Å². The molecule has 0 saturated heterocycles. The summed E-state index contributed by atoms with van der Waals surface area (Å²) in [6.45, 7) is 6.89. The first-order valence-electron chi connectivity index (χ1n) is 9.56. The fraction of sp³-hybridized carbons (Fsp3) is 0.636. The summed E-state index contributed by atoms with van der Waals surface area (Å²) in [6, 6.07) is 6.59. The van der Waals surface area contributed by atoms with E-state index >= 15 is 0 Å². The molecular weight excluding hydrogens is 296 g/mol. The van der Waals surface area contributed by atoms with E-state index in [-0.39, 0.29) is 5.41 Å². The Hall–Kier alpha value is -1.28. The van der Waals surface area contributed by atoms with Crippen LogP contribution in [0, 0.1) is 17.3 Å². The molecule has 4 atom stereocenters. The van der Waals surface area contributed by atoms with Crippen LogP contribution in [0.2, 0.25) is 0 Å². The number of benzene rings is 1. The van der Waals surface area contributed by atoms with E-state index in [9.17, 15) is 5.11 Å². The molecule has 1 aromatic carbocycles. The zero-order valence-electron chi connectivity index (χ0n) is 15.5. The maximum Gasteiger partial charge on any atom is 0.119 e. The van der Waals surface area contributed by atoms with Gasteiger partial charge in [0.25, 0.3) is 0 Å². The van der Waals surface area contributed by atoms with Crippen LogP contribution in [0.5, 0.6) is 5.75 Å². The molecule has 2 heteroatoms. The van der Waals surface area contributed by atoms with Gasteiger partial charge in [-0.25, -0.2) is 0 Å². The van der Waals surface area contributed by atoms with Gasteiger partial charge in [0.15, 0.2) is 0 Å². The molecule has 0 amide bonds. The summed E-state index contributed by atoms with van der Waals surface area (Å²) in [7, 11) is 1.74. The molecule has 3 aliphatic rings. The Balaban J connectivity index is 1.83. The van der Waals surface area contributed by atoms with Crippen molar-refractivity contribution in [3.63, 3.8) is 0 Å². The lowest BCUT2D eigenvalue weighted by atomic mass is 9.57. The average molecular weight is 326 g/mol. The van der Waals surface area contributed by atoms with Crippen molar-refractivity contribution in [2.75, 3.05) is 7.11 Å². The van der Waals surface area contributed by atoms with Crippen LogP contribution in [0.15, 0.2) is 23.8 Å². The zero-order valence-corrected chi connectivity index (χ0v) is 15.5. The molecule has 0 aliphatic heterocycles. The molecule has 130 valence electrons. The van der Waals surface area contributed by atoms with E-state index in [1.165, 1.54) is 11.1 Å². The molecule has 1 fully saturated rings. The predicted octanol–water partition coefficient (Wildman–Crippen LogP) is 4.99. The lowest BCUT2D eigenvalue weighted by Gasteiger charge is -2.49. The standard InChI is InChI=1S/C22H30O2/c1-5-22(23)11-9-19-20-14(2)12-15-13-16(24-4)6-7-17(15)18(20)8-10-21(19,22)3/h6-7,13-14,19,23H,5,8-12H2,1-4H3/t14?,19-,21-,22+/m0/s1. The smallest absolute Gasteiger partial charge is 0.119 e. The highest BCUT2D eigenvalue weighted by atomic mass is 16.5. The van der Waals surface area contributed by atoms with Crippen molar-refractivity contribution >= 4 is 5.57 Å². The van der Waals surface area contributed by atoms with Crippen LogP contribution in [0.1, 0.15) is 64.0 Å². The van der Waals surface area contributed by atoms with Crippen molar-refractivity contribution in [1.29, 1.82) is 0 Å². The normalized spacial score (nSPS) is 37.7. The second-order valence-electron chi connectivity index (χ2n) is 8.46. The Morgan fingerprint density at radius 3 is 2.79 bits per heavy atom. The van der Waals surface area contributed by atoms with E-state index in [0.29, 0.717) is 11.8 Å². The van der Waals surface area contributed by atoms with E-state index in [2.05, 4.69) is 39.0 Å². The Kier molecular flexibility index (Phi) is 3.62. The zero-order chi connectivity index (χ0) is 17.1. The molecule has 1 saturated carbocycles. The van der Waals surface area contributed by atoms with E-state index in [1.807, 2.05) is 0 Å². The maximum atomic E-state index is 11.3. The van der Waals surface area contributed by atoms with E-state index in [0.717, 1.165) is 44.3 Å². The molecule has 1 aromatic rings. The van der Waals surface area contributed by atoms with Crippen molar-refractivity contribution in [2.24, 2.45) is 17.3 Å². The number of allylic oxidation sites excluding steroid dienone is 2. The minimum atomic E-state index is -0.476. The third-order valence-corrected chi connectivity index (χ3v) is 7.58. The van der Waals surface area contributed by atoms with Gasteiger partial charge in [-0.1, -0.05) is 32.4 Å². The Labute approximate surface area is 145 Å². The topological polar surface area (TPSA) is 29.5 Å². The van der Waals surface area contributed by atoms with Crippen LogP contribution in [-0.4, -0.2) is 17.8 Å². The molecular formula is C22H30O2. The SMILES string of the molecule is CC[C@@]1(O)CC[C@H]2C3=C(CC[C@@]21C)c1ccc(OC)cc1CC3C. The number of rotatable bonds is 2. The van der Waals surface area contributed by atoms with Gasteiger partial charge in [-0.15, -0.1) is 0 Å². The summed E-state index contributed by atoms with van der Waals surface area (Å²) in [5, 5.41) is 11.3. The number of hydrogen-bond acceptors (Lipinski definition) is 2. The predicted molar refractivity (Wildman–Crippen MR) is 98.1 cm³/mol. The van der Waals surface area contributed by atoms with Crippen molar-refractivity contribution in [3.05, 3.63) is 34.9 Å². The molecule has 1 N–H and O–H groups in total. The largest absolute Gasteiger partial charge is 0.497 e. The molecule has 1 unspecified atom stereocenters. The minimum absolute atomic E-state index is 0.0544. The Morgan fingerprint density at radius 1 is 1.29 bits per heavy atom. The van der Waals surface area contributed by atoms with Crippen molar-refractivity contribution in [3.8, 4) is 5.75 Å². The van der Waals surface area contributed by atoms with Crippen LogP contribution in [0.3, 0.4) is 0 Å². The van der Waals surface area contributed by atoms with Gasteiger partial charge in [0.05, 0.1) is 12.7 Å². The summed E-state index contributed by atoms with van der Waals surface area (Å²) < 4.78 is 5.43. The third-order valence-electron chi connectivity index (χ3n) is 7.58. The second kappa shape index (κ2) is 5.36. The molecule has 2 nitrogen and oxygen atoms in total. The second-order valence-corrected chi connectivity index (χ2v) is 8.46. The van der Waals surface area contributed by atoms with Gasteiger partial charge in [0.1, 0.15) is 5.75 Å². The van der Waals surface area contributed by atoms with Gasteiger partial charge in [0.2, 0.25) is 0 Å². The number of ether oxygens (including phenoxy) is 1. The highest BCUT2D eigenvalue weighted by Crippen LogP contribution is 2.63. The molecule has 4 rings (SSSR count). The Morgan fingerprint density at radius 2 is 2.08 bits per heavy atom. The summed E-state index contributed by atoms with van der Waals surface area (Å²) >= 11 is 0. The lowest BCUT2D eigenvalue weighted by molar-refractivity contribution is -0.0736. The molecule has 0 spiro atoms. The maximum absolute atomic E-state index is 11.3. The monoisotopic (exact) mass is 326 g/mol. The molecule has 0 heterocycles. The van der Waals surface area contributed by atoms with Crippen LogP contribution in [0.4, 0.5) is 0 Å².